The van der Waals surface area contributed by atoms with E-state index >= 15 is 0 Å². The molecule has 43 heavy (non-hydrogen) atoms. The molecule has 2 heterocycles. The van der Waals surface area contributed by atoms with Gasteiger partial charge in [0.25, 0.3) is 0 Å². The van der Waals surface area contributed by atoms with E-state index in [0.29, 0.717) is 0 Å². The summed E-state index contributed by atoms with van der Waals surface area (Å²) in [4.78, 5) is 10.2. The van der Waals surface area contributed by atoms with E-state index in [-0.39, 0.29) is 0 Å². The highest BCUT2D eigenvalue weighted by molar-refractivity contribution is 6.10. The molecule has 0 saturated carbocycles. The Bertz CT molecular complexity index is 2410. The minimum absolute atomic E-state index is 0.898. The summed E-state index contributed by atoms with van der Waals surface area (Å²) in [5.41, 5.74) is 13.0. The molecular weight excluding hydrogens is 524 g/mol. The second-order valence-corrected chi connectivity index (χ2v) is 11.3. The van der Waals surface area contributed by atoms with Crippen molar-refractivity contribution in [3.8, 4) is 33.5 Å². The molecule has 1 aliphatic rings. The molecule has 0 bridgehead atoms. The molecule has 0 radical (unpaired) electrons. The average Bonchev–Trinajstić information content (AvgIpc) is 3.46. The number of nitrogens with zero attached hydrogens (tertiary/aromatic N) is 2. The van der Waals surface area contributed by atoms with Crippen LogP contribution in [0, 0.1) is 0 Å². The van der Waals surface area contributed by atoms with Crippen LogP contribution >= 0.6 is 0 Å². The lowest BCUT2D eigenvalue weighted by Gasteiger charge is -2.17. The maximum Gasteiger partial charge on any atom is 0.135 e. The molecule has 3 heteroatoms. The monoisotopic (exact) mass is 550 g/mol. The number of fused-ring (bicyclic) bond motifs is 9. The van der Waals surface area contributed by atoms with Gasteiger partial charge in [-0.05, 0) is 81.9 Å². The summed E-state index contributed by atoms with van der Waals surface area (Å²) in [6.45, 7) is 0. The highest BCUT2D eigenvalue weighted by Gasteiger charge is 2.17. The molecule has 202 valence electrons. The number of para-hydroxylation sites is 1. The summed E-state index contributed by atoms with van der Waals surface area (Å²) in [5.74, 6) is 0. The first-order chi connectivity index (χ1) is 21.3. The first-order valence-electron chi connectivity index (χ1n) is 14.8. The third kappa shape index (κ3) is 3.89. The zero-order valence-electron chi connectivity index (χ0n) is 23.4. The van der Waals surface area contributed by atoms with Gasteiger partial charge in [-0.2, -0.15) is 0 Å². The van der Waals surface area contributed by atoms with Crippen LogP contribution in [0.5, 0.6) is 0 Å². The van der Waals surface area contributed by atoms with Crippen LogP contribution in [0.3, 0.4) is 0 Å². The smallest absolute Gasteiger partial charge is 0.135 e. The SMILES string of the molecule is C1=Cc2c(c3nc(-c4cccc(-c5cccc(-c6ccc7oc8ccccc8c7c6)c5)c4)cnc3c3ccccc23)CC1. The van der Waals surface area contributed by atoms with E-state index in [4.69, 9.17) is 14.4 Å². The van der Waals surface area contributed by atoms with E-state index in [9.17, 15) is 0 Å². The van der Waals surface area contributed by atoms with Gasteiger partial charge in [0.15, 0.2) is 0 Å². The van der Waals surface area contributed by atoms with E-state index in [1.54, 1.807) is 0 Å². The van der Waals surface area contributed by atoms with Crippen molar-refractivity contribution in [2.75, 3.05) is 0 Å². The molecule has 0 spiro atoms. The van der Waals surface area contributed by atoms with E-state index < -0.39 is 0 Å². The minimum atomic E-state index is 0.898. The fourth-order valence-corrected chi connectivity index (χ4v) is 6.66. The molecule has 0 aliphatic heterocycles. The molecule has 1 aliphatic carbocycles. The van der Waals surface area contributed by atoms with Crippen LogP contribution < -0.4 is 0 Å². The third-order valence-corrected chi connectivity index (χ3v) is 8.77. The van der Waals surface area contributed by atoms with Crippen LogP contribution in [-0.2, 0) is 6.42 Å². The van der Waals surface area contributed by atoms with Gasteiger partial charge < -0.3 is 4.42 Å². The Labute approximate surface area is 248 Å². The van der Waals surface area contributed by atoms with Gasteiger partial charge >= 0.3 is 0 Å². The number of rotatable bonds is 3. The minimum Gasteiger partial charge on any atom is -0.456 e. The molecule has 0 fully saturated rings. The van der Waals surface area contributed by atoms with Crippen molar-refractivity contribution in [1.29, 1.82) is 0 Å². The molecular formula is C40H26N2O. The molecule has 0 N–H and O–H groups in total. The van der Waals surface area contributed by atoms with Gasteiger partial charge in [-0.1, -0.05) is 97.1 Å². The van der Waals surface area contributed by atoms with E-state index in [1.165, 1.54) is 33.2 Å². The van der Waals surface area contributed by atoms with Crippen molar-refractivity contribution in [1.82, 2.24) is 9.97 Å². The molecule has 3 nitrogen and oxygen atoms in total. The summed E-state index contributed by atoms with van der Waals surface area (Å²) < 4.78 is 6.06. The molecule has 2 aromatic heterocycles. The van der Waals surface area contributed by atoms with Gasteiger partial charge in [-0.15, -0.1) is 0 Å². The number of hydrogen-bond acceptors (Lipinski definition) is 3. The zero-order chi connectivity index (χ0) is 28.3. The highest BCUT2D eigenvalue weighted by Crippen LogP contribution is 2.37. The highest BCUT2D eigenvalue weighted by atomic mass is 16.3. The topological polar surface area (TPSA) is 38.9 Å². The lowest BCUT2D eigenvalue weighted by atomic mass is 9.90. The van der Waals surface area contributed by atoms with Crippen molar-refractivity contribution in [3.63, 3.8) is 0 Å². The molecule has 6 aromatic carbocycles. The molecule has 8 aromatic rings. The van der Waals surface area contributed by atoms with Crippen LogP contribution in [0.2, 0.25) is 0 Å². The molecule has 0 saturated heterocycles. The standard InChI is InChI=1S/C40H26N2O/c1-3-16-33-30(13-1)31-14-2-4-17-34(31)40-39(33)41-24-36(42-40)29-12-8-11-27(22-29)25-9-7-10-26(21-25)28-19-20-38-35(23-28)32-15-5-6-18-37(32)43-38/h1-3,5-16,18-24H,4,17H2. The Morgan fingerprint density at radius 1 is 0.535 bits per heavy atom. The zero-order valence-corrected chi connectivity index (χ0v) is 23.4. The van der Waals surface area contributed by atoms with E-state index in [1.807, 2.05) is 18.3 Å². The van der Waals surface area contributed by atoms with Crippen LogP contribution in [0.25, 0.3) is 83.3 Å². The summed E-state index contributed by atoms with van der Waals surface area (Å²) in [6, 6.07) is 40.6. The maximum atomic E-state index is 6.06. The van der Waals surface area contributed by atoms with Crippen LogP contribution in [0.1, 0.15) is 17.5 Å². The second kappa shape index (κ2) is 9.50. The van der Waals surface area contributed by atoms with Gasteiger partial charge in [-0.3, -0.25) is 4.98 Å². The quantitative estimate of drug-likeness (QED) is 0.205. The molecule has 0 unspecified atom stereocenters. The number of allylic oxidation sites excluding steroid dienone is 1. The number of aryl methyl sites for hydroxylation is 1. The van der Waals surface area contributed by atoms with Gasteiger partial charge in [0, 0.05) is 21.7 Å². The van der Waals surface area contributed by atoms with Crippen LogP contribution in [0.4, 0.5) is 0 Å². The maximum absolute atomic E-state index is 6.06. The number of hydrogen-bond donors (Lipinski definition) is 0. The Morgan fingerprint density at radius 3 is 2.05 bits per heavy atom. The van der Waals surface area contributed by atoms with Gasteiger partial charge in [0.05, 0.1) is 22.9 Å². The van der Waals surface area contributed by atoms with Crippen LogP contribution in [0.15, 0.2) is 132 Å². The number of aromatic nitrogens is 2. The van der Waals surface area contributed by atoms with Gasteiger partial charge in [-0.25, -0.2) is 4.98 Å². The molecule has 0 amide bonds. The number of furan rings is 1. The average molecular weight is 551 g/mol. The summed E-state index contributed by atoms with van der Waals surface area (Å²) >= 11 is 0. The van der Waals surface area contributed by atoms with Crippen molar-refractivity contribution in [2.45, 2.75) is 12.8 Å². The Morgan fingerprint density at radius 2 is 1.21 bits per heavy atom. The second-order valence-electron chi connectivity index (χ2n) is 11.3. The lowest BCUT2D eigenvalue weighted by molar-refractivity contribution is 0.669. The summed E-state index contributed by atoms with van der Waals surface area (Å²) in [5, 5.41) is 4.70. The first kappa shape index (κ1) is 24.1. The first-order valence-corrected chi connectivity index (χ1v) is 14.8. The normalized spacial score (nSPS) is 12.8. The molecule has 9 rings (SSSR count). The number of benzene rings is 6. The van der Waals surface area contributed by atoms with Crippen molar-refractivity contribution >= 4 is 49.8 Å². The largest absolute Gasteiger partial charge is 0.456 e. The summed E-state index contributed by atoms with van der Waals surface area (Å²) in [6.07, 6.45) is 8.47. The fourth-order valence-electron chi connectivity index (χ4n) is 6.66. The Balaban J connectivity index is 1.13. The predicted octanol–water partition coefficient (Wildman–Crippen LogP) is 10.6. The predicted molar refractivity (Wildman–Crippen MR) is 178 cm³/mol. The molecule has 0 atom stereocenters. The van der Waals surface area contributed by atoms with Crippen molar-refractivity contribution in [2.24, 2.45) is 0 Å². The Kier molecular flexibility index (Phi) is 5.32. The van der Waals surface area contributed by atoms with Crippen LogP contribution in [-0.4, -0.2) is 9.97 Å². The van der Waals surface area contributed by atoms with E-state index in [0.717, 1.165) is 68.0 Å². The summed E-state index contributed by atoms with van der Waals surface area (Å²) in [7, 11) is 0. The van der Waals surface area contributed by atoms with Gasteiger partial charge in [0.2, 0.25) is 0 Å². The fraction of sp³-hybridized carbons (Fsp3) is 0.0500. The van der Waals surface area contributed by atoms with Crippen molar-refractivity contribution < 1.29 is 4.42 Å². The van der Waals surface area contributed by atoms with Gasteiger partial charge in [0.1, 0.15) is 11.2 Å². The lowest BCUT2D eigenvalue weighted by Crippen LogP contribution is -2.01. The van der Waals surface area contributed by atoms with Crippen molar-refractivity contribution in [3.05, 3.63) is 139 Å². The third-order valence-electron chi connectivity index (χ3n) is 8.77. The Hall–Kier alpha value is -5.54. The van der Waals surface area contributed by atoms with E-state index in [2.05, 4.69) is 115 Å².